The molecule has 0 radical (unpaired) electrons. The van der Waals surface area contributed by atoms with Gasteiger partial charge in [0.15, 0.2) is 0 Å². The van der Waals surface area contributed by atoms with Gasteiger partial charge in [-0.3, -0.25) is 0 Å². The molecule has 0 heterocycles. The van der Waals surface area contributed by atoms with Gasteiger partial charge in [-0.1, -0.05) is 27.2 Å². The van der Waals surface area contributed by atoms with E-state index in [1.165, 1.54) is 6.42 Å². The second kappa shape index (κ2) is 11.4. The summed E-state index contributed by atoms with van der Waals surface area (Å²) < 4.78 is 11.0. The number of ether oxygens (including phenoxy) is 2. The Kier molecular flexibility index (Phi) is 11.3. The summed E-state index contributed by atoms with van der Waals surface area (Å²) in [7, 11) is 0. The average molecular weight is 231 g/mol. The van der Waals surface area contributed by atoms with Gasteiger partial charge in [0.25, 0.3) is 0 Å². The van der Waals surface area contributed by atoms with Crippen molar-refractivity contribution in [1.82, 2.24) is 5.32 Å². The molecule has 3 nitrogen and oxygen atoms in total. The highest BCUT2D eigenvalue weighted by Crippen LogP contribution is 2.01. The summed E-state index contributed by atoms with van der Waals surface area (Å²) in [5, 5.41) is 3.48. The number of hydrogen-bond acceptors (Lipinski definition) is 3. The molecule has 0 aliphatic heterocycles. The maximum absolute atomic E-state index is 5.51. The van der Waals surface area contributed by atoms with Crippen molar-refractivity contribution in [2.75, 3.05) is 33.0 Å². The third-order valence-electron chi connectivity index (χ3n) is 2.60. The van der Waals surface area contributed by atoms with Crippen molar-refractivity contribution in [2.45, 2.75) is 46.6 Å². The molecule has 0 aromatic carbocycles. The van der Waals surface area contributed by atoms with Gasteiger partial charge in [0, 0.05) is 25.8 Å². The standard InChI is InChI=1S/C13H29NO2/c1-5-7-9-16-10-8-14-13(12(3)4)11-15-6-2/h12-14H,5-11H2,1-4H3. The van der Waals surface area contributed by atoms with E-state index in [9.17, 15) is 0 Å². The summed E-state index contributed by atoms with van der Waals surface area (Å²) in [4.78, 5) is 0. The molecule has 0 fully saturated rings. The Hall–Kier alpha value is -0.120. The van der Waals surface area contributed by atoms with Crippen molar-refractivity contribution in [3.63, 3.8) is 0 Å². The predicted octanol–water partition coefficient (Wildman–Crippen LogP) is 2.45. The van der Waals surface area contributed by atoms with E-state index >= 15 is 0 Å². The fourth-order valence-corrected chi connectivity index (χ4v) is 1.40. The van der Waals surface area contributed by atoms with Gasteiger partial charge in [0.2, 0.25) is 0 Å². The minimum Gasteiger partial charge on any atom is -0.380 e. The van der Waals surface area contributed by atoms with E-state index in [1.807, 2.05) is 6.92 Å². The van der Waals surface area contributed by atoms with E-state index in [4.69, 9.17) is 9.47 Å². The zero-order valence-corrected chi connectivity index (χ0v) is 11.4. The molecule has 0 aliphatic carbocycles. The zero-order chi connectivity index (χ0) is 12.2. The van der Waals surface area contributed by atoms with Crippen molar-refractivity contribution in [3.05, 3.63) is 0 Å². The maximum atomic E-state index is 5.51. The first kappa shape index (κ1) is 15.9. The van der Waals surface area contributed by atoms with E-state index in [0.717, 1.165) is 39.4 Å². The molecule has 0 spiro atoms. The van der Waals surface area contributed by atoms with E-state index in [0.29, 0.717) is 12.0 Å². The lowest BCUT2D eigenvalue weighted by Gasteiger charge is -2.22. The first-order chi connectivity index (χ1) is 7.72. The molecule has 0 bridgehead atoms. The minimum absolute atomic E-state index is 0.440. The molecule has 0 saturated carbocycles. The molecule has 0 aliphatic rings. The van der Waals surface area contributed by atoms with Gasteiger partial charge in [-0.15, -0.1) is 0 Å². The molecule has 1 unspecified atom stereocenters. The van der Waals surface area contributed by atoms with Gasteiger partial charge in [-0.2, -0.15) is 0 Å². The smallest absolute Gasteiger partial charge is 0.0621 e. The molecule has 1 atom stereocenters. The van der Waals surface area contributed by atoms with Crippen LogP contribution in [0.5, 0.6) is 0 Å². The predicted molar refractivity (Wildman–Crippen MR) is 68.8 cm³/mol. The van der Waals surface area contributed by atoms with Crippen molar-refractivity contribution >= 4 is 0 Å². The maximum Gasteiger partial charge on any atom is 0.0621 e. The van der Waals surface area contributed by atoms with Crippen LogP contribution in [0.15, 0.2) is 0 Å². The van der Waals surface area contributed by atoms with Gasteiger partial charge in [0.05, 0.1) is 13.2 Å². The first-order valence-corrected chi connectivity index (χ1v) is 6.61. The van der Waals surface area contributed by atoms with Gasteiger partial charge >= 0.3 is 0 Å². The van der Waals surface area contributed by atoms with Crippen molar-refractivity contribution in [2.24, 2.45) is 5.92 Å². The van der Waals surface area contributed by atoms with Crippen LogP contribution in [0.4, 0.5) is 0 Å². The molecule has 0 aromatic heterocycles. The molecule has 3 heteroatoms. The number of nitrogens with one attached hydrogen (secondary N) is 1. The second-order valence-electron chi connectivity index (χ2n) is 4.43. The highest BCUT2D eigenvalue weighted by atomic mass is 16.5. The third kappa shape index (κ3) is 9.13. The quantitative estimate of drug-likeness (QED) is 0.554. The van der Waals surface area contributed by atoms with Crippen LogP contribution < -0.4 is 5.32 Å². The average Bonchev–Trinajstić information content (AvgIpc) is 2.26. The lowest BCUT2D eigenvalue weighted by atomic mass is 10.1. The number of unbranched alkanes of at least 4 members (excludes halogenated alkanes) is 1. The van der Waals surface area contributed by atoms with Gasteiger partial charge in [-0.25, -0.2) is 0 Å². The minimum atomic E-state index is 0.440. The van der Waals surface area contributed by atoms with E-state index < -0.39 is 0 Å². The highest BCUT2D eigenvalue weighted by Gasteiger charge is 2.11. The van der Waals surface area contributed by atoms with Gasteiger partial charge < -0.3 is 14.8 Å². The van der Waals surface area contributed by atoms with Crippen LogP contribution in [-0.2, 0) is 9.47 Å². The lowest BCUT2D eigenvalue weighted by Crippen LogP contribution is -2.39. The van der Waals surface area contributed by atoms with E-state index in [-0.39, 0.29) is 0 Å². The van der Waals surface area contributed by atoms with Crippen LogP contribution in [0.2, 0.25) is 0 Å². The van der Waals surface area contributed by atoms with Crippen molar-refractivity contribution < 1.29 is 9.47 Å². The largest absolute Gasteiger partial charge is 0.380 e. The Morgan fingerprint density at radius 3 is 2.38 bits per heavy atom. The molecule has 0 aromatic rings. The molecule has 98 valence electrons. The van der Waals surface area contributed by atoms with Crippen LogP contribution in [0.3, 0.4) is 0 Å². The van der Waals surface area contributed by atoms with E-state index in [1.54, 1.807) is 0 Å². The Labute approximate surface area is 101 Å². The summed E-state index contributed by atoms with van der Waals surface area (Å²) >= 11 is 0. The van der Waals surface area contributed by atoms with Gasteiger partial charge in [-0.05, 0) is 19.3 Å². The van der Waals surface area contributed by atoms with Crippen LogP contribution in [-0.4, -0.2) is 39.0 Å². The Balaban J connectivity index is 3.44. The van der Waals surface area contributed by atoms with Crippen LogP contribution in [0.1, 0.15) is 40.5 Å². The molecular weight excluding hydrogens is 202 g/mol. The molecule has 16 heavy (non-hydrogen) atoms. The molecule has 0 saturated heterocycles. The molecule has 0 rings (SSSR count). The normalized spacial score (nSPS) is 13.3. The first-order valence-electron chi connectivity index (χ1n) is 6.61. The number of hydrogen-bond donors (Lipinski definition) is 1. The van der Waals surface area contributed by atoms with Crippen molar-refractivity contribution in [3.8, 4) is 0 Å². The van der Waals surface area contributed by atoms with E-state index in [2.05, 4.69) is 26.1 Å². The zero-order valence-electron chi connectivity index (χ0n) is 11.4. The van der Waals surface area contributed by atoms with Crippen LogP contribution in [0.25, 0.3) is 0 Å². The fourth-order valence-electron chi connectivity index (χ4n) is 1.40. The molecular formula is C13H29NO2. The Morgan fingerprint density at radius 1 is 1.06 bits per heavy atom. The number of rotatable bonds is 11. The fraction of sp³-hybridized carbons (Fsp3) is 1.00. The summed E-state index contributed by atoms with van der Waals surface area (Å²) in [6, 6.07) is 0.440. The Morgan fingerprint density at radius 2 is 1.81 bits per heavy atom. The third-order valence-corrected chi connectivity index (χ3v) is 2.60. The highest BCUT2D eigenvalue weighted by molar-refractivity contribution is 4.69. The van der Waals surface area contributed by atoms with Crippen LogP contribution >= 0.6 is 0 Å². The molecule has 1 N–H and O–H groups in total. The second-order valence-corrected chi connectivity index (χ2v) is 4.43. The van der Waals surface area contributed by atoms with Crippen LogP contribution in [0, 0.1) is 5.92 Å². The summed E-state index contributed by atoms with van der Waals surface area (Å²) in [6.07, 6.45) is 2.36. The topological polar surface area (TPSA) is 30.5 Å². The molecule has 0 amide bonds. The summed E-state index contributed by atoms with van der Waals surface area (Å²) in [6.45, 7) is 12.8. The summed E-state index contributed by atoms with van der Waals surface area (Å²) in [5.41, 5.74) is 0. The summed E-state index contributed by atoms with van der Waals surface area (Å²) in [5.74, 6) is 0.599. The Bertz CT molecular complexity index is 140. The lowest BCUT2D eigenvalue weighted by molar-refractivity contribution is 0.0952. The monoisotopic (exact) mass is 231 g/mol. The van der Waals surface area contributed by atoms with Crippen molar-refractivity contribution in [1.29, 1.82) is 0 Å². The van der Waals surface area contributed by atoms with Gasteiger partial charge in [0.1, 0.15) is 0 Å². The SMILES string of the molecule is CCCCOCCNC(COCC)C(C)C.